The van der Waals surface area contributed by atoms with Crippen molar-refractivity contribution >= 4 is 17.2 Å². The topological polar surface area (TPSA) is 51.7 Å². The first-order valence-electron chi connectivity index (χ1n) is 9.08. The lowest BCUT2D eigenvalue weighted by Gasteiger charge is -2.39. The summed E-state index contributed by atoms with van der Waals surface area (Å²) in [5.74, 6) is 1.53. The fraction of sp³-hybridized carbons (Fsp3) is 0.500. The minimum absolute atomic E-state index is 0.129. The van der Waals surface area contributed by atoms with Gasteiger partial charge in [0.2, 0.25) is 0 Å². The first kappa shape index (κ1) is 17.3. The molecule has 6 heteroatoms. The monoisotopic (exact) mass is 372 g/mol. The van der Waals surface area contributed by atoms with Crippen LogP contribution >= 0.6 is 11.3 Å². The number of fused-ring (bicyclic) bond motifs is 2. The van der Waals surface area contributed by atoms with E-state index in [4.69, 9.17) is 9.47 Å². The number of nitrogens with zero attached hydrogens (tertiary/aromatic N) is 2. The third-order valence-corrected chi connectivity index (χ3v) is 6.81. The Bertz CT molecular complexity index is 788. The van der Waals surface area contributed by atoms with Crippen molar-refractivity contribution in [2.24, 2.45) is 0 Å². The van der Waals surface area contributed by atoms with Gasteiger partial charge >= 0.3 is 0 Å². The SMILES string of the molecule is COc1ccc(C2C[C@H]3CC[C@@H](C2)N3C(=O)c2sc(OC)nc2C)cc1. The van der Waals surface area contributed by atoms with Gasteiger partial charge in [0.05, 0.1) is 19.9 Å². The first-order valence-corrected chi connectivity index (χ1v) is 9.90. The van der Waals surface area contributed by atoms with Crippen LogP contribution in [0.3, 0.4) is 0 Å². The Morgan fingerprint density at radius 2 is 1.77 bits per heavy atom. The molecule has 5 nitrogen and oxygen atoms in total. The lowest BCUT2D eigenvalue weighted by molar-refractivity contribution is 0.0575. The van der Waals surface area contributed by atoms with E-state index in [1.54, 1.807) is 14.2 Å². The molecule has 3 heterocycles. The number of hydrogen-bond acceptors (Lipinski definition) is 5. The summed E-state index contributed by atoms with van der Waals surface area (Å²) in [4.78, 5) is 20.3. The predicted molar refractivity (Wildman–Crippen MR) is 101 cm³/mol. The fourth-order valence-electron chi connectivity index (χ4n) is 4.43. The number of amides is 1. The predicted octanol–water partition coefficient (Wildman–Crippen LogP) is 4.02. The minimum atomic E-state index is 0.129. The zero-order valence-electron chi connectivity index (χ0n) is 15.4. The number of carbonyl (C=O) groups is 1. The molecule has 1 aromatic heterocycles. The van der Waals surface area contributed by atoms with Crippen LogP contribution in [0, 0.1) is 6.92 Å². The van der Waals surface area contributed by atoms with Crippen LogP contribution in [-0.4, -0.2) is 42.1 Å². The first-order chi connectivity index (χ1) is 12.6. The number of thiazole rings is 1. The molecule has 4 rings (SSSR count). The van der Waals surface area contributed by atoms with Crippen LogP contribution in [0.2, 0.25) is 0 Å². The van der Waals surface area contributed by atoms with Crippen molar-refractivity contribution in [3.05, 3.63) is 40.4 Å². The molecule has 3 atom stereocenters. The number of rotatable bonds is 4. The van der Waals surface area contributed by atoms with Gasteiger partial charge in [-0.1, -0.05) is 23.5 Å². The van der Waals surface area contributed by atoms with E-state index in [1.165, 1.54) is 16.9 Å². The summed E-state index contributed by atoms with van der Waals surface area (Å²) in [6.07, 6.45) is 4.25. The summed E-state index contributed by atoms with van der Waals surface area (Å²) in [5.41, 5.74) is 2.12. The van der Waals surface area contributed by atoms with Crippen molar-refractivity contribution in [1.29, 1.82) is 0 Å². The summed E-state index contributed by atoms with van der Waals surface area (Å²) in [7, 11) is 3.28. The summed E-state index contributed by atoms with van der Waals surface area (Å²) in [6.45, 7) is 1.89. The highest BCUT2D eigenvalue weighted by atomic mass is 32.1. The third-order valence-electron chi connectivity index (χ3n) is 5.70. The number of aryl methyl sites for hydroxylation is 1. The van der Waals surface area contributed by atoms with Crippen molar-refractivity contribution in [3.63, 3.8) is 0 Å². The zero-order valence-corrected chi connectivity index (χ0v) is 16.2. The lowest BCUT2D eigenvalue weighted by Crippen LogP contribution is -2.46. The molecule has 2 aromatic rings. The highest BCUT2D eigenvalue weighted by molar-refractivity contribution is 7.15. The van der Waals surface area contributed by atoms with E-state index in [0.29, 0.717) is 23.2 Å². The molecular formula is C20H24N2O3S. The molecule has 138 valence electrons. The van der Waals surface area contributed by atoms with Crippen LogP contribution in [0.1, 0.15) is 52.5 Å². The number of benzene rings is 1. The van der Waals surface area contributed by atoms with Crippen LogP contribution in [0.25, 0.3) is 0 Å². The Kier molecular flexibility index (Phi) is 4.61. The fourth-order valence-corrected chi connectivity index (χ4v) is 5.26. The normalized spacial score (nSPS) is 24.6. The Morgan fingerprint density at radius 1 is 1.12 bits per heavy atom. The van der Waals surface area contributed by atoms with E-state index in [1.807, 2.05) is 19.1 Å². The van der Waals surface area contributed by atoms with Crippen LogP contribution < -0.4 is 9.47 Å². The molecule has 0 N–H and O–H groups in total. The summed E-state index contributed by atoms with van der Waals surface area (Å²) in [5, 5.41) is 0.561. The van der Waals surface area contributed by atoms with Crippen molar-refractivity contribution in [1.82, 2.24) is 9.88 Å². The Hall–Kier alpha value is -2.08. The van der Waals surface area contributed by atoms with Gasteiger partial charge in [-0.2, -0.15) is 0 Å². The van der Waals surface area contributed by atoms with Gasteiger partial charge in [-0.05, 0) is 56.2 Å². The third kappa shape index (κ3) is 2.96. The van der Waals surface area contributed by atoms with E-state index >= 15 is 0 Å². The second-order valence-electron chi connectivity index (χ2n) is 7.14. The molecule has 1 unspecified atom stereocenters. The Morgan fingerprint density at radius 3 is 2.31 bits per heavy atom. The molecule has 1 aromatic carbocycles. The van der Waals surface area contributed by atoms with Crippen molar-refractivity contribution in [2.45, 2.75) is 50.6 Å². The lowest BCUT2D eigenvalue weighted by atomic mass is 9.85. The van der Waals surface area contributed by atoms with Crippen molar-refractivity contribution in [2.75, 3.05) is 14.2 Å². The second kappa shape index (κ2) is 6.91. The molecule has 0 aliphatic carbocycles. The van der Waals surface area contributed by atoms with Gasteiger partial charge in [-0.15, -0.1) is 0 Å². The van der Waals surface area contributed by atoms with E-state index < -0.39 is 0 Å². The molecule has 2 bridgehead atoms. The van der Waals surface area contributed by atoms with Crippen molar-refractivity contribution < 1.29 is 14.3 Å². The second-order valence-corrected chi connectivity index (χ2v) is 8.10. The van der Waals surface area contributed by atoms with Crippen LogP contribution in [0.15, 0.2) is 24.3 Å². The van der Waals surface area contributed by atoms with E-state index in [9.17, 15) is 4.79 Å². The molecule has 0 spiro atoms. The molecule has 0 saturated carbocycles. The highest BCUT2D eigenvalue weighted by Gasteiger charge is 2.44. The van der Waals surface area contributed by atoms with Crippen LogP contribution in [-0.2, 0) is 0 Å². The van der Waals surface area contributed by atoms with Crippen LogP contribution in [0.5, 0.6) is 10.9 Å². The molecule has 2 aliphatic rings. The molecule has 2 saturated heterocycles. The quantitative estimate of drug-likeness (QED) is 0.813. The van der Waals surface area contributed by atoms with Gasteiger partial charge in [0.25, 0.3) is 11.1 Å². The number of carbonyl (C=O) groups excluding carboxylic acids is 1. The van der Waals surface area contributed by atoms with Gasteiger partial charge in [0.15, 0.2) is 0 Å². The van der Waals surface area contributed by atoms with E-state index in [2.05, 4.69) is 22.0 Å². The van der Waals surface area contributed by atoms with Gasteiger partial charge in [-0.25, -0.2) is 4.98 Å². The minimum Gasteiger partial charge on any atom is -0.497 e. The number of piperidine rings is 1. The molecule has 2 aliphatic heterocycles. The summed E-state index contributed by atoms with van der Waals surface area (Å²) in [6, 6.07) is 9.03. The number of ether oxygens (including phenoxy) is 2. The summed E-state index contributed by atoms with van der Waals surface area (Å²) >= 11 is 1.36. The molecule has 0 radical (unpaired) electrons. The average Bonchev–Trinajstić information content (AvgIpc) is 3.17. The maximum Gasteiger partial charge on any atom is 0.273 e. The van der Waals surface area contributed by atoms with Crippen LogP contribution in [0.4, 0.5) is 0 Å². The average molecular weight is 372 g/mol. The summed E-state index contributed by atoms with van der Waals surface area (Å²) < 4.78 is 10.5. The maximum atomic E-state index is 13.2. The number of aromatic nitrogens is 1. The van der Waals surface area contributed by atoms with Crippen molar-refractivity contribution in [3.8, 4) is 10.9 Å². The zero-order chi connectivity index (χ0) is 18.3. The smallest absolute Gasteiger partial charge is 0.273 e. The number of hydrogen-bond donors (Lipinski definition) is 0. The van der Waals surface area contributed by atoms with Gasteiger partial charge in [-0.3, -0.25) is 4.79 Å². The molecular weight excluding hydrogens is 348 g/mol. The van der Waals surface area contributed by atoms with Gasteiger partial charge in [0, 0.05) is 12.1 Å². The number of methoxy groups -OCH3 is 2. The Labute approximate surface area is 157 Å². The standard InChI is InChI=1S/C20H24N2O3S/c1-12-18(26-20(21-12)25-3)19(23)22-15-6-7-16(22)11-14(10-15)13-4-8-17(24-2)9-5-13/h4-5,8-9,14-16H,6-7,10-11H2,1-3H3/t14?,15-,16+. The highest BCUT2D eigenvalue weighted by Crippen LogP contribution is 2.44. The largest absolute Gasteiger partial charge is 0.497 e. The molecule has 1 amide bonds. The molecule has 26 heavy (non-hydrogen) atoms. The van der Waals surface area contributed by atoms with Gasteiger partial charge in [0.1, 0.15) is 10.6 Å². The molecule has 2 fully saturated rings. The van der Waals surface area contributed by atoms with Gasteiger partial charge < -0.3 is 14.4 Å². The Balaban J connectivity index is 1.53. The maximum absolute atomic E-state index is 13.2. The van der Waals surface area contributed by atoms with E-state index in [0.717, 1.165) is 42.0 Å². The van der Waals surface area contributed by atoms with E-state index in [-0.39, 0.29) is 5.91 Å².